The molecule has 3 aromatic rings. The van der Waals surface area contributed by atoms with Crippen molar-refractivity contribution in [2.24, 2.45) is 0 Å². The van der Waals surface area contributed by atoms with Gasteiger partial charge in [-0.05, 0) is 62.1 Å². The minimum Gasteiger partial charge on any atom is -0.365 e. The van der Waals surface area contributed by atoms with Gasteiger partial charge < -0.3 is 20.5 Å². The van der Waals surface area contributed by atoms with Crippen LogP contribution in [0.25, 0.3) is 11.1 Å². The van der Waals surface area contributed by atoms with Gasteiger partial charge in [-0.3, -0.25) is 19.0 Å². The van der Waals surface area contributed by atoms with Crippen molar-refractivity contribution in [1.82, 2.24) is 19.8 Å². The van der Waals surface area contributed by atoms with E-state index in [1.54, 1.807) is 12.1 Å². The van der Waals surface area contributed by atoms with Gasteiger partial charge in [-0.1, -0.05) is 31.0 Å². The van der Waals surface area contributed by atoms with Gasteiger partial charge in [-0.25, -0.2) is 4.39 Å². The van der Waals surface area contributed by atoms with E-state index in [2.05, 4.69) is 22.5 Å². The van der Waals surface area contributed by atoms with Crippen LogP contribution in [0.5, 0.6) is 0 Å². The number of fused-ring (bicyclic) bond motifs is 3. The molecule has 1 saturated heterocycles. The first-order chi connectivity index (χ1) is 18.5. The van der Waals surface area contributed by atoms with E-state index in [1.807, 2.05) is 26.0 Å². The van der Waals surface area contributed by atoms with E-state index in [4.69, 9.17) is 11.6 Å². The molecule has 0 aliphatic carbocycles. The van der Waals surface area contributed by atoms with Crippen LogP contribution in [0.1, 0.15) is 58.7 Å². The Labute approximate surface area is 231 Å². The Morgan fingerprint density at radius 3 is 2.62 bits per heavy atom. The molecule has 8 nitrogen and oxygen atoms in total. The molecule has 1 aromatic carbocycles. The van der Waals surface area contributed by atoms with Crippen molar-refractivity contribution >= 4 is 29.2 Å². The second-order valence-electron chi connectivity index (χ2n) is 10.8. The van der Waals surface area contributed by atoms with Gasteiger partial charge in [-0.2, -0.15) is 0 Å². The quantitative estimate of drug-likeness (QED) is 0.401. The molecule has 0 atom stereocenters. The zero-order valence-corrected chi connectivity index (χ0v) is 23.4. The number of hydrogen-bond acceptors (Lipinski definition) is 4. The van der Waals surface area contributed by atoms with Gasteiger partial charge >= 0.3 is 0 Å². The fourth-order valence-electron chi connectivity index (χ4n) is 5.58. The van der Waals surface area contributed by atoms with Crippen molar-refractivity contribution in [2.45, 2.75) is 65.8 Å². The predicted octanol–water partition coefficient (Wildman–Crippen LogP) is 4.49. The second kappa shape index (κ2) is 10.2. The van der Waals surface area contributed by atoms with Gasteiger partial charge in [0.25, 0.3) is 11.5 Å². The first-order valence-corrected chi connectivity index (χ1v) is 13.6. The molecule has 0 radical (unpaired) electrons. The number of anilines is 1. The van der Waals surface area contributed by atoms with E-state index < -0.39 is 17.1 Å². The lowest BCUT2D eigenvalue weighted by atomic mass is 9.94. The number of pyridine rings is 1. The Morgan fingerprint density at radius 1 is 1.21 bits per heavy atom. The Morgan fingerprint density at radius 2 is 1.95 bits per heavy atom. The largest absolute Gasteiger partial charge is 0.365 e. The van der Waals surface area contributed by atoms with Crippen molar-refractivity contribution in [2.75, 3.05) is 18.4 Å². The standard InChI is InChI=1S/C29H33ClFN5O3/c1-5-6-20-17(3)34-23-12-32-26-21(25(20)23)10-22(27(38)33-11-18-7-8-19(30)9-16(18)2)28(39)36(26)13-24(37)35-14-29(4,31)15-35/h7-10,32,34H,5-6,11-15H2,1-4H3,(H,33,38). The number of aryl methyl sites for hydroxylation is 2. The zero-order chi connectivity index (χ0) is 28.1. The van der Waals surface area contributed by atoms with Gasteiger partial charge in [0.2, 0.25) is 5.91 Å². The summed E-state index contributed by atoms with van der Waals surface area (Å²) < 4.78 is 15.4. The van der Waals surface area contributed by atoms with Crippen LogP contribution in [-0.4, -0.2) is 45.0 Å². The lowest BCUT2D eigenvalue weighted by Crippen LogP contribution is -2.60. The minimum absolute atomic E-state index is 0.0153. The Kier molecular flexibility index (Phi) is 7.05. The monoisotopic (exact) mass is 553 g/mol. The highest BCUT2D eigenvalue weighted by atomic mass is 35.5. The summed E-state index contributed by atoms with van der Waals surface area (Å²) in [5, 5.41) is 6.75. The van der Waals surface area contributed by atoms with E-state index in [1.165, 1.54) is 16.4 Å². The lowest BCUT2D eigenvalue weighted by molar-refractivity contribution is -0.144. The molecule has 3 N–H and O–H groups in total. The average molecular weight is 554 g/mol. The number of benzene rings is 1. The summed E-state index contributed by atoms with van der Waals surface area (Å²) in [5.74, 6) is -0.406. The number of hydrogen-bond donors (Lipinski definition) is 3. The molecule has 1 fully saturated rings. The number of nitrogens with one attached hydrogen (secondary N) is 3. The van der Waals surface area contributed by atoms with Crippen LogP contribution < -0.4 is 16.2 Å². The summed E-state index contributed by atoms with van der Waals surface area (Å²) >= 11 is 6.06. The number of carbonyl (C=O) groups is 2. The van der Waals surface area contributed by atoms with Crippen LogP contribution in [0.3, 0.4) is 0 Å². The molecule has 0 bridgehead atoms. The molecule has 4 heterocycles. The van der Waals surface area contributed by atoms with Crippen LogP contribution in [0.4, 0.5) is 10.2 Å². The van der Waals surface area contributed by atoms with Crippen LogP contribution in [0.2, 0.25) is 5.02 Å². The molecule has 2 amide bonds. The van der Waals surface area contributed by atoms with E-state index in [9.17, 15) is 18.8 Å². The predicted molar refractivity (Wildman–Crippen MR) is 150 cm³/mol. The molecule has 2 aliphatic rings. The third-order valence-corrected chi connectivity index (χ3v) is 7.80. The van der Waals surface area contributed by atoms with Crippen LogP contribution >= 0.6 is 11.6 Å². The van der Waals surface area contributed by atoms with E-state index in [0.717, 1.165) is 46.5 Å². The third kappa shape index (κ3) is 5.07. The second-order valence-corrected chi connectivity index (χ2v) is 11.3. The molecule has 0 unspecified atom stereocenters. The first kappa shape index (κ1) is 27.0. The van der Waals surface area contributed by atoms with Gasteiger partial charge in [0.1, 0.15) is 23.6 Å². The van der Waals surface area contributed by atoms with Crippen LogP contribution in [0, 0.1) is 13.8 Å². The highest BCUT2D eigenvalue weighted by molar-refractivity contribution is 6.30. The number of H-pyrrole nitrogens is 1. The molecule has 5 rings (SSSR count). The van der Waals surface area contributed by atoms with Gasteiger partial charge in [0.05, 0.1) is 19.6 Å². The van der Waals surface area contributed by atoms with Crippen molar-refractivity contribution < 1.29 is 14.0 Å². The first-order valence-electron chi connectivity index (χ1n) is 13.2. The maximum absolute atomic E-state index is 14.1. The number of rotatable bonds is 7. The van der Waals surface area contributed by atoms with Gasteiger partial charge in [-0.15, -0.1) is 0 Å². The number of likely N-dealkylation sites (tertiary alicyclic amines) is 1. The minimum atomic E-state index is -1.42. The number of amides is 2. The Balaban J connectivity index is 1.56. The topological polar surface area (TPSA) is 99.2 Å². The van der Waals surface area contributed by atoms with Crippen molar-refractivity contribution in [3.63, 3.8) is 0 Å². The molecule has 2 aliphatic heterocycles. The van der Waals surface area contributed by atoms with Crippen LogP contribution in [0.15, 0.2) is 29.1 Å². The smallest absolute Gasteiger partial charge is 0.265 e. The average Bonchev–Trinajstić information content (AvgIpc) is 3.18. The van der Waals surface area contributed by atoms with Crippen molar-refractivity contribution in [3.8, 4) is 11.1 Å². The summed E-state index contributed by atoms with van der Waals surface area (Å²) in [6.07, 6.45) is 1.76. The summed E-state index contributed by atoms with van der Waals surface area (Å²) in [6, 6.07) is 7.03. The maximum atomic E-state index is 14.1. The van der Waals surface area contributed by atoms with Crippen molar-refractivity contribution in [3.05, 3.63) is 73.3 Å². The molecule has 39 heavy (non-hydrogen) atoms. The fourth-order valence-corrected chi connectivity index (χ4v) is 5.80. The van der Waals surface area contributed by atoms with Gasteiger partial charge in [0, 0.05) is 34.1 Å². The van der Waals surface area contributed by atoms with Gasteiger partial charge in [0.15, 0.2) is 0 Å². The van der Waals surface area contributed by atoms with E-state index >= 15 is 0 Å². The summed E-state index contributed by atoms with van der Waals surface area (Å²) in [4.78, 5) is 45.0. The molecule has 0 spiro atoms. The lowest BCUT2D eigenvalue weighted by Gasteiger charge is -2.42. The number of aromatic nitrogens is 2. The molecule has 2 aromatic heterocycles. The molecule has 0 saturated carbocycles. The Bertz CT molecular complexity index is 1530. The highest BCUT2D eigenvalue weighted by Crippen LogP contribution is 2.40. The van der Waals surface area contributed by atoms with Crippen molar-refractivity contribution in [1.29, 1.82) is 0 Å². The highest BCUT2D eigenvalue weighted by Gasteiger charge is 2.41. The van der Waals surface area contributed by atoms with E-state index in [0.29, 0.717) is 22.9 Å². The van der Waals surface area contributed by atoms with E-state index in [-0.39, 0.29) is 37.6 Å². The number of aromatic amines is 1. The number of carbonyl (C=O) groups excluding carboxylic acids is 2. The van der Waals surface area contributed by atoms with Crippen LogP contribution in [-0.2, 0) is 30.8 Å². The molecule has 206 valence electrons. The summed E-state index contributed by atoms with van der Waals surface area (Å²) in [7, 11) is 0. The maximum Gasteiger partial charge on any atom is 0.265 e. The number of alkyl halides is 1. The third-order valence-electron chi connectivity index (χ3n) is 7.56. The molecule has 10 heteroatoms. The SMILES string of the molecule is CCCc1c(C)[nH]c2c1-c1cc(C(=O)NCc3ccc(Cl)cc3C)c(=O)n(CC(=O)N3CC(C)(F)C3)c1NC2. The molecular formula is C29H33ClFN5O3. The Hall–Kier alpha value is -3.59. The normalized spacial score (nSPS) is 15.2. The number of halogens is 2. The summed E-state index contributed by atoms with van der Waals surface area (Å²) in [6.45, 7) is 7.82. The zero-order valence-electron chi connectivity index (χ0n) is 22.6. The summed E-state index contributed by atoms with van der Waals surface area (Å²) in [5.41, 5.74) is 4.55. The number of nitrogens with zero attached hydrogens (tertiary/aromatic N) is 2. The fraction of sp³-hybridized carbons (Fsp3) is 0.414. The molecular weight excluding hydrogens is 521 g/mol.